The SMILES string of the molecule is CCNc1cc(NCC(CC)(CC)CO)nc(C)n1. The predicted octanol–water partition coefficient (Wildman–Crippen LogP) is 2.43. The average molecular weight is 266 g/mol. The van der Waals surface area contributed by atoms with Crippen LogP contribution in [-0.2, 0) is 0 Å². The Morgan fingerprint density at radius 3 is 2.16 bits per heavy atom. The van der Waals surface area contributed by atoms with Gasteiger partial charge >= 0.3 is 0 Å². The number of aryl methyl sites for hydroxylation is 1. The number of anilines is 2. The first-order valence-electron chi connectivity index (χ1n) is 7.03. The third-order valence-corrected chi connectivity index (χ3v) is 3.68. The van der Waals surface area contributed by atoms with E-state index in [1.54, 1.807) is 0 Å². The standard InChI is InChI=1S/C14H26N4O/c1-5-14(6-2,10-19)9-16-13-8-12(15-7-3)17-11(4)18-13/h8,19H,5-7,9-10H2,1-4H3,(H2,15,16,17,18). The summed E-state index contributed by atoms with van der Waals surface area (Å²) in [4.78, 5) is 8.70. The van der Waals surface area contributed by atoms with Crippen molar-refractivity contribution in [2.24, 2.45) is 5.41 Å². The van der Waals surface area contributed by atoms with Crippen LogP contribution >= 0.6 is 0 Å². The van der Waals surface area contributed by atoms with Crippen LogP contribution in [0.15, 0.2) is 6.07 Å². The van der Waals surface area contributed by atoms with Gasteiger partial charge in [-0.2, -0.15) is 0 Å². The summed E-state index contributed by atoms with van der Waals surface area (Å²) in [5.74, 6) is 2.38. The van der Waals surface area contributed by atoms with Gasteiger partial charge in [0.15, 0.2) is 0 Å². The minimum absolute atomic E-state index is 0.0722. The van der Waals surface area contributed by atoms with Crippen LogP contribution in [0.3, 0.4) is 0 Å². The molecule has 0 unspecified atom stereocenters. The molecule has 0 aliphatic heterocycles. The van der Waals surface area contributed by atoms with E-state index in [9.17, 15) is 5.11 Å². The Bertz CT molecular complexity index is 383. The van der Waals surface area contributed by atoms with Gasteiger partial charge in [-0.25, -0.2) is 9.97 Å². The van der Waals surface area contributed by atoms with Crippen molar-refractivity contribution in [1.82, 2.24) is 9.97 Å². The molecule has 1 rings (SSSR count). The van der Waals surface area contributed by atoms with Crippen LogP contribution in [0.2, 0.25) is 0 Å². The molecule has 0 radical (unpaired) electrons. The van der Waals surface area contributed by atoms with E-state index in [2.05, 4.69) is 34.4 Å². The molecule has 108 valence electrons. The number of nitrogens with zero attached hydrogens (tertiary/aromatic N) is 2. The monoisotopic (exact) mass is 266 g/mol. The highest BCUT2D eigenvalue weighted by atomic mass is 16.3. The summed E-state index contributed by atoms with van der Waals surface area (Å²) in [6.07, 6.45) is 1.88. The quantitative estimate of drug-likeness (QED) is 0.674. The van der Waals surface area contributed by atoms with E-state index in [-0.39, 0.29) is 12.0 Å². The average Bonchev–Trinajstić information content (AvgIpc) is 2.41. The Kier molecular flexibility index (Phi) is 6.02. The fourth-order valence-corrected chi connectivity index (χ4v) is 1.99. The molecule has 0 saturated heterocycles. The van der Waals surface area contributed by atoms with Crippen molar-refractivity contribution in [3.63, 3.8) is 0 Å². The zero-order valence-electron chi connectivity index (χ0n) is 12.5. The lowest BCUT2D eigenvalue weighted by molar-refractivity contribution is 0.127. The topological polar surface area (TPSA) is 70.1 Å². The number of aliphatic hydroxyl groups excluding tert-OH is 1. The highest BCUT2D eigenvalue weighted by Crippen LogP contribution is 2.26. The first kappa shape index (κ1) is 15.7. The van der Waals surface area contributed by atoms with Gasteiger partial charge in [-0.15, -0.1) is 0 Å². The van der Waals surface area contributed by atoms with Crippen molar-refractivity contribution in [2.45, 2.75) is 40.5 Å². The maximum absolute atomic E-state index is 9.56. The van der Waals surface area contributed by atoms with Gasteiger partial charge in [-0.3, -0.25) is 0 Å². The molecule has 0 aliphatic rings. The van der Waals surface area contributed by atoms with E-state index in [0.717, 1.165) is 43.4 Å². The van der Waals surface area contributed by atoms with Crippen molar-refractivity contribution < 1.29 is 5.11 Å². The fraction of sp³-hybridized carbons (Fsp3) is 0.714. The summed E-state index contributed by atoms with van der Waals surface area (Å²) >= 11 is 0. The van der Waals surface area contributed by atoms with Crippen LogP contribution in [0.25, 0.3) is 0 Å². The van der Waals surface area contributed by atoms with Gasteiger partial charge in [0, 0.05) is 24.6 Å². The summed E-state index contributed by atoms with van der Waals surface area (Å²) in [6, 6.07) is 1.91. The van der Waals surface area contributed by atoms with Crippen LogP contribution in [-0.4, -0.2) is 34.8 Å². The number of aliphatic hydroxyl groups is 1. The minimum Gasteiger partial charge on any atom is -0.396 e. The van der Waals surface area contributed by atoms with Gasteiger partial charge < -0.3 is 15.7 Å². The van der Waals surface area contributed by atoms with Crippen molar-refractivity contribution in [2.75, 3.05) is 30.3 Å². The van der Waals surface area contributed by atoms with Gasteiger partial charge in [0.2, 0.25) is 0 Å². The smallest absolute Gasteiger partial charge is 0.131 e. The number of aromatic nitrogens is 2. The van der Waals surface area contributed by atoms with Crippen molar-refractivity contribution >= 4 is 11.6 Å². The summed E-state index contributed by atoms with van der Waals surface area (Å²) in [7, 11) is 0. The van der Waals surface area contributed by atoms with Crippen molar-refractivity contribution in [3.05, 3.63) is 11.9 Å². The fourth-order valence-electron chi connectivity index (χ4n) is 1.99. The lowest BCUT2D eigenvalue weighted by Crippen LogP contribution is -2.32. The Hall–Kier alpha value is -1.36. The molecule has 0 aliphatic carbocycles. The summed E-state index contributed by atoms with van der Waals surface area (Å²) in [5.41, 5.74) is -0.0722. The van der Waals surface area contributed by atoms with Crippen molar-refractivity contribution in [1.29, 1.82) is 0 Å². The third kappa shape index (κ3) is 4.35. The first-order chi connectivity index (χ1) is 9.09. The number of rotatable bonds is 8. The van der Waals surface area contributed by atoms with Gasteiger partial charge in [-0.05, 0) is 26.7 Å². The van der Waals surface area contributed by atoms with Gasteiger partial charge in [-0.1, -0.05) is 13.8 Å². The van der Waals surface area contributed by atoms with E-state index in [4.69, 9.17) is 0 Å². The molecular formula is C14H26N4O. The number of hydrogen-bond acceptors (Lipinski definition) is 5. The zero-order chi connectivity index (χ0) is 14.3. The van der Waals surface area contributed by atoms with E-state index < -0.39 is 0 Å². The molecule has 0 bridgehead atoms. The van der Waals surface area contributed by atoms with Gasteiger partial charge in [0.25, 0.3) is 0 Å². The molecule has 0 atom stereocenters. The molecule has 0 amide bonds. The Morgan fingerprint density at radius 1 is 1.11 bits per heavy atom. The summed E-state index contributed by atoms with van der Waals surface area (Å²) < 4.78 is 0. The maximum atomic E-state index is 9.56. The third-order valence-electron chi connectivity index (χ3n) is 3.68. The second kappa shape index (κ2) is 7.28. The molecule has 0 spiro atoms. The van der Waals surface area contributed by atoms with E-state index in [1.165, 1.54) is 0 Å². The molecular weight excluding hydrogens is 240 g/mol. The second-order valence-electron chi connectivity index (χ2n) is 4.93. The molecule has 1 heterocycles. The molecule has 1 aromatic rings. The van der Waals surface area contributed by atoms with Crippen LogP contribution in [0.5, 0.6) is 0 Å². The highest BCUT2D eigenvalue weighted by molar-refractivity contribution is 5.47. The number of hydrogen-bond donors (Lipinski definition) is 3. The van der Waals surface area contributed by atoms with Gasteiger partial charge in [0.1, 0.15) is 17.5 Å². The van der Waals surface area contributed by atoms with E-state index >= 15 is 0 Å². The van der Waals surface area contributed by atoms with Crippen molar-refractivity contribution in [3.8, 4) is 0 Å². The molecule has 0 saturated carbocycles. The molecule has 5 heteroatoms. The first-order valence-corrected chi connectivity index (χ1v) is 7.03. The predicted molar refractivity (Wildman–Crippen MR) is 79.5 cm³/mol. The molecule has 0 aromatic carbocycles. The zero-order valence-corrected chi connectivity index (χ0v) is 12.5. The van der Waals surface area contributed by atoms with Crippen LogP contribution in [0.1, 0.15) is 39.4 Å². The molecule has 5 nitrogen and oxygen atoms in total. The van der Waals surface area contributed by atoms with Gasteiger partial charge in [0.05, 0.1) is 6.61 Å². The Labute approximate surface area is 115 Å². The summed E-state index contributed by atoms with van der Waals surface area (Å²) in [5, 5.41) is 16.1. The minimum atomic E-state index is -0.0722. The second-order valence-corrected chi connectivity index (χ2v) is 4.93. The molecule has 0 fully saturated rings. The number of nitrogens with one attached hydrogen (secondary N) is 2. The highest BCUT2D eigenvalue weighted by Gasteiger charge is 2.25. The maximum Gasteiger partial charge on any atom is 0.131 e. The molecule has 1 aromatic heterocycles. The summed E-state index contributed by atoms with van der Waals surface area (Å²) in [6.45, 7) is 9.88. The van der Waals surface area contributed by atoms with Crippen LogP contribution in [0.4, 0.5) is 11.6 Å². The normalized spacial score (nSPS) is 11.4. The largest absolute Gasteiger partial charge is 0.396 e. The van der Waals surface area contributed by atoms with E-state index in [1.807, 2.05) is 19.9 Å². The lowest BCUT2D eigenvalue weighted by atomic mass is 9.83. The van der Waals surface area contributed by atoms with E-state index in [0.29, 0.717) is 0 Å². The Morgan fingerprint density at radius 2 is 1.68 bits per heavy atom. The van der Waals surface area contributed by atoms with Crippen LogP contribution < -0.4 is 10.6 Å². The molecule has 19 heavy (non-hydrogen) atoms. The van der Waals surface area contributed by atoms with Crippen LogP contribution in [0, 0.1) is 12.3 Å². The Balaban J connectivity index is 2.76. The lowest BCUT2D eigenvalue weighted by Gasteiger charge is -2.29. The molecule has 3 N–H and O–H groups in total.